The maximum atomic E-state index is 13.9. The number of hydrogen-bond donors (Lipinski definition) is 1. The standard InChI is InChI=1S/C17H14ClFN2O6/c1-9(27-17(23)12-5-4-11(26-2)8-14(12)19)16(22)20-15-6-3-10(21(24)25)7-13(15)18/h3-9H,1-2H3,(H,20,22)/t9-/m0/s1. The van der Waals surface area contributed by atoms with Gasteiger partial charge in [-0.3, -0.25) is 14.9 Å². The first kappa shape index (κ1) is 20.1. The predicted octanol–water partition coefficient (Wildman–Crippen LogP) is 3.58. The van der Waals surface area contributed by atoms with Crippen LogP contribution < -0.4 is 10.1 Å². The van der Waals surface area contributed by atoms with Crippen LogP contribution in [0.5, 0.6) is 5.75 Å². The number of benzene rings is 2. The molecule has 2 aromatic rings. The Morgan fingerprint density at radius 1 is 1.26 bits per heavy atom. The Hall–Kier alpha value is -3.20. The van der Waals surface area contributed by atoms with Crippen LogP contribution in [-0.2, 0) is 9.53 Å². The Morgan fingerprint density at radius 2 is 1.96 bits per heavy atom. The molecule has 0 spiro atoms. The second-order valence-electron chi connectivity index (χ2n) is 5.30. The summed E-state index contributed by atoms with van der Waals surface area (Å²) in [5.41, 5.74) is -0.498. The number of nitro groups is 1. The highest BCUT2D eigenvalue weighted by molar-refractivity contribution is 6.34. The van der Waals surface area contributed by atoms with Gasteiger partial charge < -0.3 is 14.8 Å². The van der Waals surface area contributed by atoms with Gasteiger partial charge in [-0.15, -0.1) is 0 Å². The highest BCUT2D eigenvalue weighted by Gasteiger charge is 2.22. The van der Waals surface area contributed by atoms with Crippen LogP contribution in [0.25, 0.3) is 0 Å². The van der Waals surface area contributed by atoms with Crippen molar-refractivity contribution in [3.8, 4) is 5.75 Å². The van der Waals surface area contributed by atoms with Crippen LogP contribution in [-0.4, -0.2) is 30.0 Å². The summed E-state index contributed by atoms with van der Waals surface area (Å²) in [6.45, 7) is 1.29. The van der Waals surface area contributed by atoms with Crippen LogP contribution in [0.1, 0.15) is 17.3 Å². The van der Waals surface area contributed by atoms with Gasteiger partial charge in [-0.05, 0) is 25.1 Å². The van der Waals surface area contributed by atoms with E-state index in [0.29, 0.717) is 0 Å². The Morgan fingerprint density at radius 3 is 2.52 bits per heavy atom. The summed E-state index contributed by atoms with van der Waals surface area (Å²) in [4.78, 5) is 34.2. The fraction of sp³-hybridized carbons (Fsp3) is 0.176. The number of hydrogen-bond acceptors (Lipinski definition) is 6. The number of rotatable bonds is 6. The quantitative estimate of drug-likeness (QED) is 0.454. The van der Waals surface area contributed by atoms with Crippen LogP contribution in [0.3, 0.4) is 0 Å². The number of nitro benzene ring substituents is 1. The van der Waals surface area contributed by atoms with E-state index in [0.717, 1.165) is 18.2 Å². The number of amides is 1. The van der Waals surface area contributed by atoms with Crippen molar-refractivity contribution in [2.75, 3.05) is 12.4 Å². The number of anilines is 1. The maximum absolute atomic E-state index is 13.9. The van der Waals surface area contributed by atoms with Crippen LogP contribution >= 0.6 is 11.6 Å². The van der Waals surface area contributed by atoms with E-state index >= 15 is 0 Å². The Kier molecular flexibility index (Phi) is 6.30. The minimum atomic E-state index is -1.27. The Bertz CT molecular complexity index is 905. The van der Waals surface area contributed by atoms with E-state index in [1.54, 1.807) is 0 Å². The smallest absolute Gasteiger partial charge is 0.341 e. The molecule has 142 valence electrons. The molecule has 1 N–H and O–H groups in total. The molecular weight excluding hydrogens is 383 g/mol. The highest BCUT2D eigenvalue weighted by atomic mass is 35.5. The molecule has 0 saturated heterocycles. The highest BCUT2D eigenvalue weighted by Crippen LogP contribution is 2.27. The number of non-ortho nitro benzene ring substituents is 1. The Labute approximate surface area is 158 Å². The largest absolute Gasteiger partial charge is 0.497 e. The van der Waals surface area contributed by atoms with Gasteiger partial charge in [0, 0.05) is 18.2 Å². The second kappa shape index (κ2) is 8.45. The first-order valence-corrected chi connectivity index (χ1v) is 7.90. The minimum absolute atomic E-state index is 0.0581. The van der Waals surface area contributed by atoms with Crippen LogP contribution in [0.2, 0.25) is 5.02 Å². The summed E-state index contributed by atoms with van der Waals surface area (Å²) in [5.74, 6) is -2.41. The van der Waals surface area contributed by atoms with Crippen LogP contribution in [0, 0.1) is 15.9 Å². The number of carbonyl (C=O) groups excluding carboxylic acids is 2. The number of nitrogens with zero attached hydrogens (tertiary/aromatic N) is 1. The lowest BCUT2D eigenvalue weighted by molar-refractivity contribution is -0.384. The molecule has 1 amide bonds. The first-order valence-electron chi connectivity index (χ1n) is 7.52. The van der Waals surface area contributed by atoms with Gasteiger partial charge in [0.2, 0.25) is 0 Å². The number of ether oxygens (including phenoxy) is 2. The van der Waals surface area contributed by atoms with Crippen molar-refractivity contribution in [3.05, 3.63) is 62.9 Å². The van der Waals surface area contributed by atoms with Gasteiger partial charge in [0.25, 0.3) is 11.6 Å². The van der Waals surface area contributed by atoms with Gasteiger partial charge in [-0.1, -0.05) is 11.6 Å². The molecule has 0 heterocycles. The van der Waals surface area contributed by atoms with Crippen molar-refractivity contribution in [1.29, 1.82) is 0 Å². The summed E-state index contributed by atoms with van der Waals surface area (Å²) in [6.07, 6.45) is -1.27. The summed E-state index contributed by atoms with van der Waals surface area (Å²) in [6, 6.07) is 7.04. The fourth-order valence-corrected chi connectivity index (χ4v) is 2.24. The molecule has 8 nitrogen and oxygen atoms in total. The van der Waals surface area contributed by atoms with Crippen LogP contribution in [0.4, 0.5) is 15.8 Å². The number of halogens is 2. The number of carbonyl (C=O) groups is 2. The lowest BCUT2D eigenvalue weighted by atomic mass is 10.2. The molecule has 0 aliphatic carbocycles. The molecule has 1 atom stereocenters. The van der Waals surface area contributed by atoms with E-state index in [1.807, 2.05) is 0 Å². The van der Waals surface area contributed by atoms with Gasteiger partial charge in [0.1, 0.15) is 11.6 Å². The minimum Gasteiger partial charge on any atom is -0.497 e. The van der Waals surface area contributed by atoms with E-state index in [1.165, 1.54) is 32.2 Å². The van der Waals surface area contributed by atoms with Crippen molar-refractivity contribution >= 4 is 34.9 Å². The molecule has 2 rings (SSSR count). The normalized spacial score (nSPS) is 11.4. The zero-order valence-electron chi connectivity index (χ0n) is 14.2. The summed E-state index contributed by atoms with van der Waals surface area (Å²) < 4.78 is 23.7. The molecule has 0 aromatic heterocycles. The predicted molar refractivity (Wildman–Crippen MR) is 94.6 cm³/mol. The molecule has 0 saturated carbocycles. The van der Waals surface area contributed by atoms with Crippen LogP contribution in [0.15, 0.2) is 36.4 Å². The third kappa shape index (κ3) is 4.91. The zero-order valence-corrected chi connectivity index (χ0v) is 15.0. The molecular formula is C17H14ClFN2O6. The lowest BCUT2D eigenvalue weighted by Crippen LogP contribution is -2.30. The van der Waals surface area contributed by atoms with Gasteiger partial charge >= 0.3 is 5.97 Å². The van der Waals surface area contributed by atoms with Crippen molar-refractivity contribution in [1.82, 2.24) is 0 Å². The Balaban J connectivity index is 2.05. The lowest BCUT2D eigenvalue weighted by Gasteiger charge is -2.14. The van der Waals surface area contributed by atoms with Gasteiger partial charge in [-0.2, -0.15) is 0 Å². The summed E-state index contributed by atoms with van der Waals surface area (Å²) in [7, 11) is 1.35. The van der Waals surface area contributed by atoms with Crippen molar-refractivity contribution in [2.24, 2.45) is 0 Å². The summed E-state index contributed by atoms with van der Waals surface area (Å²) in [5, 5.41) is 13.0. The van der Waals surface area contributed by atoms with Gasteiger partial charge in [-0.25, -0.2) is 9.18 Å². The van der Waals surface area contributed by atoms with Crippen molar-refractivity contribution in [2.45, 2.75) is 13.0 Å². The van der Waals surface area contributed by atoms with E-state index in [-0.39, 0.29) is 27.7 Å². The summed E-state index contributed by atoms with van der Waals surface area (Å²) >= 11 is 5.88. The topological polar surface area (TPSA) is 108 Å². The first-order chi connectivity index (χ1) is 12.7. The molecule has 2 aromatic carbocycles. The second-order valence-corrected chi connectivity index (χ2v) is 5.71. The number of nitrogens with one attached hydrogen (secondary N) is 1. The third-order valence-electron chi connectivity index (χ3n) is 3.47. The van der Waals surface area contributed by atoms with E-state index in [4.69, 9.17) is 21.1 Å². The average molecular weight is 397 g/mol. The van der Waals surface area contributed by atoms with Gasteiger partial charge in [0.05, 0.1) is 28.3 Å². The molecule has 0 aliphatic rings. The van der Waals surface area contributed by atoms with Crippen molar-refractivity contribution < 1.29 is 28.4 Å². The SMILES string of the molecule is COc1ccc(C(=O)O[C@@H](C)C(=O)Nc2ccc([N+](=O)[O-])cc2Cl)c(F)c1. The van der Waals surface area contributed by atoms with Crippen molar-refractivity contribution in [3.63, 3.8) is 0 Å². The van der Waals surface area contributed by atoms with E-state index in [9.17, 15) is 24.1 Å². The molecule has 0 bridgehead atoms. The molecule has 0 radical (unpaired) electrons. The van der Waals surface area contributed by atoms with Gasteiger partial charge in [0.15, 0.2) is 6.10 Å². The number of esters is 1. The fourth-order valence-electron chi connectivity index (χ4n) is 2.02. The maximum Gasteiger partial charge on any atom is 0.341 e. The monoisotopic (exact) mass is 396 g/mol. The molecule has 10 heteroatoms. The number of methoxy groups -OCH3 is 1. The average Bonchev–Trinajstić information content (AvgIpc) is 2.62. The molecule has 27 heavy (non-hydrogen) atoms. The van der Waals surface area contributed by atoms with E-state index in [2.05, 4.69) is 5.32 Å². The molecule has 0 aliphatic heterocycles. The molecule has 0 unspecified atom stereocenters. The zero-order chi connectivity index (χ0) is 20.1. The third-order valence-corrected chi connectivity index (χ3v) is 3.78. The molecule has 0 fully saturated rings. The van der Waals surface area contributed by atoms with E-state index < -0.39 is 28.7 Å².